The molecule has 0 bridgehead atoms. The van der Waals surface area contributed by atoms with Crippen LogP contribution in [0.4, 0.5) is 0 Å². The predicted octanol–water partition coefficient (Wildman–Crippen LogP) is 2.60. The molecular weight excluding hydrogens is 218 g/mol. The van der Waals surface area contributed by atoms with E-state index >= 15 is 0 Å². The molecule has 1 heterocycles. The molecule has 5 heteroatoms. The summed E-state index contributed by atoms with van der Waals surface area (Å²) in [6.07, 6.45) is 1.94. The van der Waals surface area contributed by atoms with E-state index in [1.807, 2.05) is 6.92 Å². The van der Waals surface area contributed by atoms with E-state index in [2.05, 4.69) is 10.4 Å². The van der Waals surface area contributed by atoms with Gasteiger partial charge in [0.15, 0.2) is 4.34 Å². The molecule has 0 spiro atoms. The monoisotopic (exact) mass is 230 g/mol. The van der Waals surface area contributed by atoms with Gasteiger partial charge in [0.05, 0.1) is 11.1 Å². The second-order valence-corrected chi connectivity index (χ2v) is 5.00. The van der Waals surface area contributed by atoms with Crippen LogP contribution in [0.25, 0.3) is 0 Å². The molecule has 0 fully saturated rings. The number of rotatable bonds is 6. The number of thiazole rings is 1. The van der Waals surface area contributed by atoms with Gasteiger partial charge in [0.1, 0.15) is 0 Å². The Morgan fingerprint density at radius 3 is 3.00 bits per heavy atom. The molecule has 0 unspecified atom stereocenters. The fraction of sp³-hybridized carbons (Fsp3) is 0.556. The highest BCUT2D eigenvalue weighted by molar-refractivity contribution is 8.00. The Morgan fingerprint density at radius 1 is 1.64 bits per heavy atom. The number of carboxylic acids is 1. The van der Waals surface area contributed by atoms with Crippen molar-refractivity contribution in [2.75, 3.05) is 5.75 Å². The molecule has 1 N–H and O–H groups in total. The Kier molecular flexibility index (Phi) is 4.97. The van der Waals surface area contributed by atoms with Crippen LogP contribution in [0.2, 0.25) is 0 Å². The highest BCUT2D eigenvalue weighted by atomic mass is 32.2. The number of carboxylic acid groups (broad SMARTS) is 1. The zero-order valence-electron chi connectivity index (χ0n) is 7.95. The lowest BCUT2D eigenvalue weighted by Crippen LogP contribution is -1.94. The summed E-state index contributed by atoms with van der Waals surface area (Å²) in [7, 11) is 0. The van der Waals surface area contributed by atoms with Crippen molar-refractivity contribution in [1.29, 1.82) is 0 Å². The molecule has 1 aromatic heterocycles. The Morgan fingerprint density at radius 2 is 2.43 bits per heavy atom. The summed E-state index contributed by atoms with van der Waals surface area (Å²) in [6.45, 7) is 1.92. The van der Waals surface area contributed by atoms with Gasteiger partial charge in [-0.25, -0.2) is 4.98 Å². The fourth-order valence-corrected chi connectivity index (χ4v) is 2.70. The number of aromatic nitrogens is 1. The minimum Gasteiger partial charge on any atom is -0.481 e. The first-order valence-electron chi connectivity index (χ1n) is 4.38. The molecular formula is C9H12NO2S2. The van der Waals surface area contributed by atoms with E-state index in [0.29, 0.717) is 0 Å². The average molecular weight is 230 g/mol. The van der Waals surface area contributed by atoms with Crippen molar-refractivity contribution in [1.82, 2.24) is 4.98 Å². The number of aryl methyl sites for hydroxylation is 1. The van der Waals surface area contributed by atoms with Crippen molar-refractivity contribution < 1.29 is 9.90 Å². The molecule has 77 valence electrons. The summed E-state index contributed by atoms with van der Waals surface area (Å²) in [5, 5.41) is 11.5. The Hall–Kier alpha value is -0.550. The van der Waals surface area contributed by atoms with Crippen molar-refractivity contribution in [3.63, 3.8) is 0 Å². The third kappa shape index (κ3) is 4.62. The van der Waals surface area contributed by atoms with Gasteiger partial charge in [-0.1, -0.05) is 11.8 Å². The van der Waals surface area contributed by atoms with Crippen LogP contribution < -0.4 is 0 Å². The molecule has 1 radical (unpaired) electrons. The normalized spacial score (nSPS) is 10.4. The maximum absolute atomic E-state index is 10.2. The standard InChI is InChI=1S/C9H12NO2S2/c1-7-6-14-9(10-7)13-5-3-2-4-8(11)12/h2-5H2,1H3,(H,11,12). The number of aliphatic carboxylic acids is 1. The molecule has 0 saturated heterocycles. The topological polar surface area (TPSA) is 50.2 Å². The van der Waals surface area contributed by atoms with Crippen LogP contribution in [0.15, 0.2) is 4.34 Å². The molecule has 0 aliphatic carbocycles. The molecule has 1 aromatic rings. The quantitative estimate of drug-likeness (QED) is 0.603. The summed E-state index contributed by atoms with van der Waals surface area (Å²) in [5.74, 6) is 0.224. The maximum Gasteiger partial charge on any atom is 0.303 e. The lowest BCUT2D eigenvalue weighted by molar-refractivity contribution is -0.137. The smallest absolute Gasteiger partial charge is 0.303 e. The summed E-state index contributed by atoms with van der Waals surface area (Å²) in [4.78, 5) is 14.5. The maximum atomic E-state index is 10.2. The van der Waals surface area contributed by atoms with Crippen LogP contribution in [0.5, 0.6) is 0 Å². The lowest BCUT2D eigenvalue weighted by Gasteiger charge is -1.96. The van der Waals surface area contributed by atoms with E-state index in [9.17, 15) is 4.79 Å². The number of thioether (sulfide) groups is 1. The van der Waals surface area contributed by atoms with Gasteiger partial charge in [0, 0.05) is 12.2 Å². The van der Waals surface area contributed by atoms with Crippen molar-refractivity contribution in [2.24, 2.45) is 0 Å². The first kappa shape index (κ1) is 11.5. The molecule has 0 aromatic carbocycles. The number of hydrogen-bond donors (Lipinski definition) is 1. The van der Waals surface area contributed by atoms with E-state index in [-0.39, 0.29) is 6.42 Å². The number of unbranched alkanes of at least 4 members (excludes halogenated alkanes) is 1. The highest BCUT2D eigenvalue weighted by Crippen LogP contribution is 2.22. The molecule has 14 heavy (non-hydrogen) atoms. The van der Waals surface area contributed by atoms with Crippen molar-refractivity contribution >= 4 is 29.1 Å². The highest BCUT2D eigenvalue weighted by Gasteiger charge is 2.00. The lowest BCUT2D eigenvalue weighted by atomic mass is 10.3. The predicted molar refractivity (Wildman–Crippen MR) is 57.9 cm³/mol. The zero-order valence-corrected chi connectivity index (χ0v) is 9.58. The van der Waals surface area contributed by atoms with Crippen LogP contribution in [-0.2, 0) is 4.79 Å². The van der Waals surface area contributed by atoms with Crippen LogP contribution in [0, 0.1) is 12.3 Å². The van der Waals surface area contributed by atoms with E-state index in [1.54, 1.807) is 11.8 Å². The third-order valence-corrected chi connectivity index (χ3v) is 3.65. The van der Waals surface area contributed by atoms with Crippen LogP contribution in [0.3, 0.4) is 0 Å². The minimum atomic E-state index is -0.714. The van der Waals surface area contributed by atoms with Gasteiger partial charge in [0.25, 0.3) is 0 Å². The molecule has 0 atom stereocenters. The van der Waals surface area contributed by atoms with E-state index < -0.39 is 5.97 Å². The Balaban J connectivity index is 2.07. The van der Waals surface area contributed by atoms with Crippen molar-refractivity contribution in [2.45, 2.75) is 30.5 Å². The minimum absolute atomic E-state index is 0.267. The summed E-state index contributed by atoms with van der Waals surface area (Å²) in [6, 6.07) is 0. The third-order valence-electron chi connectivity index (χ3n) is 1.56. The molecule has 3 nitrogen and oxygen atoms in total. The Labute approximate surface area is 91.6 Å². The van der Waals surface area contributed by atoms with Gasteiger partial charge >= 0.3 is 5.97 Å². The average Bonchev–Trinajstić information content (AvgIpc) is 2.50. The van der Waals surface area contributed by atoms with Gasteiger partial charge in [-0.2, -0.15) is 0 Å². The summed E-state index contributed by atoms with van der Waals surface area (Å²) >= 11 is 3.20. The van der Waals surface area contributed by atoms with E-state index in [1.165, 1.54) is 11.3 Å². The van der Waals surface area contributed by atoms with Crippen molar-refractivity contribution in [3.05, 3.63) is 11.1 Å². The Bertz CT molecular complexity index is 299. The first-order chi connectivity index (χ1) is 6.68. The molecule has 0 amide bonds. The molecule has 1 rings (SSSR count). The van der Waals surface area contributed by atoms with Gasteiger partial charge < -0.3 is 5.11 Å². The van der Waals surface area contributed by atoms with E-state index in [4.69, 9.17) is 5.11 Å². The van der Waals surface area contributed by atoms with Gasteiger partial charge in [0.2, 0.25) is 0 Å². The zero-order chi connectivity index (χ0) is 10.4. The number of nitrogens with zero attached hydrogens (tertiary/aromatic N) is 1. The molecule has 0 aliphatic heterocycles. The molecule has 0 saturated carbocycles. The van der Waals surface area contributed by atoms with Crippen LogP contribution >= 0.6 is 23.1 Å². The fourth-order valence-electron chi connectivity index (χ4n) is 0.900. The summed E-state index contributed by atoms with van der Waals surface area (Å²) < 4.78 is 1.03. The van der Waals surface area contributed by atoms with E-state index in [0.717, 1.165) is 28.6 Å². The van der Waals surface area contributed by atoms with Gasteiger partial charge in [-0.3, -0.25) is 4.79 Å². The largest absolute Gasteiger partial charge is 0.481 e. The van der Waals surface area contributed by atoms with Gasteiger partial charge in [-0.15, -0.1) is 11.3 Å². The molecule has 0 aliphatic rings. The summed E-state index contributed by atoms with van der Waals surface area (Å²) in [5.41, 5.74) is 0.933. The van der Waals surface area contributed by atoms with Gasteiger partial charge in [-0.05, 0) is 19.8 Å². The first-order valence-corrected chi connectivity index (χ1v) is 6.18. The SMILES string of the molecule is Cc1[c]sc(SCCCCC(=O)O)n1. The second-order valence-electron chi connectivity index (χ2n) is 2.87. The second kappa shape index (κ2) is 6.03. The van der Waals surface area contributed by atoms with Crippen LogP contribution in [0.1, 0.15) is 25.0 Å². The van der Waals surface area contributed by atoms with Crippen molar-refractivity contribution in [3.8, 4) is 0 Å². The van der Waals surface area contributed by atoms with Crippen LogP contribution in [-0.4, -0.2) is 21.8 Å². The number of hydrogen-bond acceptors (Lipinski definition) is 4. The number of carbonyl (C=O) groups is 1.